The summed E-state index contributed by atoms with van der Waals surface area (Å²) < 4.78 is 23.1. The predicted octanol–water partition coefficient (Wildman–Crippen LogP) is 0.616. The van der Waals surface area contributed by atoms with Crippen molar-refractivity contribution in [1.82, 2.24) is 15.1 Å². The summed E-state index contributed by atoms with van der Waals surface area (Å²) in [4.78, 5) is 27.7. The lowest BCUT2D eigenvalue weighted by Gasteiger charge is -2.25. The van der Waals surface area contributed by atoms with Crippen molar-refractivity contribution in [1.29, 1.82) is 0 Å². The van der Waals surface area contributed by atoms with Gasteiger partial charge in [0.2, 0.25) is 5.91 Å². The second-order valence-electron chi connectivity index (χ2n) is 6.78. The number of hydrogen-bond donors (Lipinski definition) is 1. The Morgan fingerprint density at radius 3 is 2.68 bits per heavy atom. The first-order chi connectivity index (χ1) is 11.8. The fourth-order valence-electron chi connectivity index (χ4n) is 3.35. The van der Waals surface area contributed by atoms with Crippen LogP contribution in [0.2, 0.25) is 0 Å². The molecule has 0 saturated carbocycles. The van der Waals surface area contributed by atoms with E-state index in [2.05, 4.69) is 5.32 Å². The van der Waals surface area contributed by atoms with Crippen molar-refractivity contribution in [3.05, 3.63) is 35.9 Å². The summed E-state index contributed by atoms with van der Waals surface area (Å²) in [6.07, 6.45) is 0.741. The van der Waals surface area contributed by atoms with Crippen molar-refractivity contribution in [2.24, 2.45) is 0 Å². The molecule has 0 bridgehead atoms. The van der Waals surface area contributed by atoms with E-state index in [-0.39, 0.29) is 41.9 Å². The summed E-state index contributed by atoms with van der Waals surface area (Å²) in [5, 5.41) is 2.86. The van der Waals surface area contributed by atoms with E-state index in [4.69, 9.17) is 0 Å². The third-order valence-electron chi connectivity index (χ3n) is 4.83. The van der Waals surface area contributed by atoms with Crippen LogP contribution in [0.4, 0.5) is 4.79 Å². The minimum atomic E-state index is -3.04. The van der Waals surface area contributed by atoms with Gasteiger partial charge in [0.05, 0.1) is 17.5 Å². The molecular formula is C17H23N3O4S. The Hall–Kier alpha value is -2.09. The lowest BCUT2D eigenvalue weighted by atomic mass is 10.2. The Morgan fingerprint density at radius 1 is 1.32 bits per heavy atom. The van der Waals surface area contributed by atoms with Crippen LogP contribution in [0.15, 0.2) is 30.3 Å². The summed E-state index contributed by atoms with van der Waals surface area (Å²) in [5.74, 6) is 0.156. The van der Waals surface area contributed by atoms with Gasteiger partial charge in [-0.3, -0.25) is 4.79 Å². The molecule has 2 aliphatic heterocycles. The Labute approximate surface area is 147 Å². The lowest BCUT2D eigenvalue weighted by molar-refractivity contribution is -0.128. The zero-order chi connectivity index (χ0) is 18.0. The molecule has 2 atom stereocenters. The zero-order valence-electron chi connectivity index (χ0n) is 14.2. The van der Waals surface area contributed by atoms with E-state index in [0.717, 1.165) is 5.56 Å². The van der Waals surface area contributed by atoms with Gasteiger partial charge in [-0.05, 0) is 12.0 Å². The number of hydrogen-bond acceptors (Lipinski definition) is 4. The normalized spacial score (nSPS) is 25.2. The fourth-order valence-corrected chi connectivity index (χ4v) is 5.12. The van der Waals surface area contributed by atoms with Crippen LogP contribution < -0.4 is 5.32 Å². The number of nitrogens with zero attached hydrogens (tertiary/aromatic N) is 2. The summed E-state index contributed by atoms with van der Waals surface area (Å²) in [7, 11) is -1.43. The van der Waals surface area contributed by atoms with Gasteiger partial charge in [0, 0.05) is 32.6 Å². The molecule has 25 heavy (non-hydrogen) atoms. The molecule has 0 radical (unpaired) electrons. The molecule has 2 aliphatic rings. The molecule has 1 N–H and O–H groups in total. The SMILES string of the molecule is CN(C(=O)NC1CC(=O)N(Cc2ccccc2)C1)C1CCS(=O)(=O)C1. The molecule has 1 aromatic rings. The highest BCUT2D eigenvalue weighted by Crippen LogP contribution is 2.18. The van der Waals surface area contributed by atoms with Gasteiger partial charge >= 0.3 is 6.03 Å². The van der Waals surface area contributed by atoms with Crippen LogP contribution in [-0.2, 0) is 21.2 Å². The van der Waals surface area contributed by atoms with Gasteiger partial charge in [-0.1, -0.05) is 30.3 Å². The maximum absolute atomic E-state index is 12.4. The summed E-state index contributed by atoms with van der Waals surface area (Å²) >= 11 is 0. The van der Waals surface area contributed by atoms with E-state index in [9.17, 15) is 18.0 Å². The Balaban J connectivity index is 1.53. The first-order valence-corrected chi connectivity index (χ1v) is 10.2. The third kappa shape index (κ3) is 4.31. The number of amides is 3. The maximum atomic E-state index is 12.4. The van der Waals surface area contributed by atoms with Gasteiger partial charge in [-0.15, -0.1) is 0 Å². The molecule has 0 aromatic heterocycles. The van der Waals surface area contributed by atoms with Crippen LogP contribution in [0.5, 0.6) is 0 Å². The van der Waals surface area contributed by atoms with Crippen LogP contribution in [-0.4, -0.2) is 67.3 Å². The molecular weight excluding hydrogens is 342 g/mol. The highest BCUT2D eigenvalue weighted by atomic mass is 32.2. The molecule has 136 valence electrons. The van der Waals surface area contributed by atoms with Gasteiger partial charge in [-0.25, -0.2) is 13.2 Å². The van der Waals surface area contributed by atoms with Gasteiger partial charge in [0.1, 0.15) is 0 Å². The summed E-state index contributed by atoms with van der Waals surface area (Å²) in [6, 6.07) is 8.87. The van der Waals surface area contributed by atoms with E-state index in [0.29, 0.717) is 19.5 Å². The van der Waals surface area contributed by atoms with Gasteiger partial charge in [0.15, 0.2) is 9.84 Å². The number of rotatable bonds is 4. The highest BCUT2D eigenvalue weighted by molar-refractivity contribution is 7.91. The van der Waals surface area contributed by atoms with Crippen LogP contribution in [0.1, 0.15) is 18.4 Å². The van der Waals surface area contributed by atoms with Crippen molar-refractivity contribution in [3.8, 4) is 0 Å². The van der Waals surface area contributed by atoms with Crippen LogP contribution in [0.25, 0.3) is 0 Å². The molecule has 0 aliphatic carbocycles. The van der Waals surface area contributed by atoms with Crippen LogP contribution in [0, 0.1) is 0 Å². The second kappa shape index (κ2) is 7.03. The van der Waals surface area contributed by atoms with E-state index >= 15 is 0 Å². The molecule has 2 heterocycles. The molecule has 2 unspecified atom stereocenters. The summed E-state index contributed by atoms with van der Waals surface area (Å²) in [6.45, 7) is 0.999. The maximum Gasteiger partial charge on any atom is 0.317 e. The lowest BCUT2D eigenvalue weighted by Crippen LogP contribution is -2.48. The largest absolute Gasteiger partial charge is 0.336 e. The second-order valence-corrected chi connectivity index (χ2v) is 9.01. The van der Waals surface area contributed by atoms with Crippen LogP contribution >= 0.6 is 0 Å². The molecule has 1 aromatic carbocycles. The van der Waals surface area contributed by atoms with Gasteiger partial charge in [-0.2, -0.15) is 0 Å². The standard InChI is InChI=1S/C17H23N3O4S/c1-19(15-7-8-25(23,24)12-15)17(22)18-14-9-16(21)20(11-14)10-13-5-3-2-4-6-13/h2-6,14-15H,7-12H2,1H3,(H,18,22). The van der Waals surface area contributed by atoms with E-state index < -0.39 is 9.84 Å². The Morgan fingerprint density at radius 2 is 2.04 bits per heavy atom. The van der Waals surface area contributed by atoms with E-state index in [1.165, 1.54) is 4.90 Å². The number of nitrogens with one attached hydrogen (secondary N) is 1. The van der Waals surface area contributed by atoms with Crippen molar-refractivity contribution in [3.63, 3.8) is 0 Å². The Kier molecular flexibility index (Phi) is 4.99. The predicted molar refractivity (Wildman–Crippen MR) is 93.6 cm³/mol. The molecule has 7 nitrogen and oxygen atoms in total. The third-order valence-corrected chi connectivity index (χ3v) is 6.59. The molecule has 2 fully saturated rings. The first kappa shape index (κ1) is 17.7. The number of urea groups is 1. The molecule has 3 amide bonds. The van der Waals surface area contributed by atoms with Crippen LogP contribution in [0.3, 0.4) is 0 Å². The monoisotopic (exact) mass is 365 g/mol. The topological polar surface area (TPSA) is 86.8 Å². The average Bonchev–Trinajstić information content (AvgIpc) is 3.10. The summed E-state index contributed by atoms with van der Waals surface area (Å²) in [5.41, 5.74) is 1.05. The van der Waals surface area contributed by atoms with Crippen molar-refractivity contribution >= 4 is 21.8 Å². The molecule has 3 rings (SSSR count). The number of carbonyl (C=O) groups is 2. The first-order valence-electron chi connectivity index (χ1n) is 8.39. The van der Waals surface area contributed by atoms with Crippen molar-refractivity contribution < 1.29 is 18.0 Å². The molecule has 8 heteroatoms. The minimum Gasteiger partial charge on any atom is -0.336 e. The zero-order valence-corrected chi connectivity index (χ0v) is 15.0. The number of benzene rings is 1. The van der Waals surface area contributed by atoms with E-state index in [1.807, 2.05) is 30.3 Å². The van der Waals surface area contributed by atoms with Crippen molar-refractivity contribution in [2.75, 3.05) is 25.1 Å². The van der Waals surface area contributed by atoms with Gasteiger partial charge < -0.3 is 15.1 Å². The number of likely N-dealkylation sites (tertiary alicyclic amines) is 1. The van der Waals surface area contributed by atoms with Crippen molar-refractivity contribution in [2.45, 2.75) is 31.5 Å². The Bertz CT molecular complexity index is 750. The number of sulfone groups is 1. The number of carbonyl (C=O) groups excluding carboxylic acids is 2. The average molecular weight is 365 g/mol. The molecule has 2 saturated heterocycles. The fraction of sp³-hybridized carbons (Fsp3) is 0.529. The van der Waals surface area contributed by atoms with Gasteiger partial charge in [0.25, 0.3) is 0 Å². The highest BCUT2D eigenvalue weighted by Gasteiger charge is 2.35. The smallest absolute Gasteiger partial charge is 0.317 e. The minimum absolute atomic E-state index is 0.0141. The van der Waals surface area contributed by atoms with E-state index in [1.54, 1.807) is 11.9 Å². The molecule has 0 spiro atoms. The quantitative estimate of drug-likeness (QED) is 0.847.